The van der Waals surface area contributed by atoms with E-state index in [2.05, 4.69) is 5.32 Å². The van der Waals surface area contributed by atoms with Crippen molar-refractivity contribution in [3.05, 3.63) is 0 Å². The van der Waals surface area contributed by atoms with Gasteiger partial charge in [-0.2, -0.15) is 0 Å². The van der Waals surface area contributed by atoms with Crippen LogP contribution >= 0.6 is 0 Å². The van der Waals surface area contributed by atoms with Crippen LogP contribution in [0.15, 0.2) is 0 Å². The lowest BCUT2D eigenvalue weighted by Crippen LogP contribution is -2.50. The molecule has 1 aliphatic carbocycles. The zero-order valence-electron chi connectivity index (χ0n) is 9.67. The zero-order chi connectivity index (χ0) is 11.0. The highest BCUT2D eigenvalue weighted by Crippen LogP contribution is 2.27. The second kappa shape index (κ2) is 7.20. The Morgan fingerprint density at radius 3 is 2.27 bits per heavy atom. The monoisotopic (exact) mass is 215 g/mol. The summed E-state index contributed by atoms with van der Waals surface area (Å²) in [4.78, 5) is 0. The Kier molecular flexibility index (Phi) is 6.22. The molecule has 0 atom stereocenters. The summed E-state index contributed by atoms with van der Waals surface area (Å²) in [5, 5.41) is 21.6. The van der Waals surface area contributed by atoms with Crippen LogP contribution in [0.1, 0.15) is 51.4 Å². The molecule has 0 heterocycles. The lowest BCUT2D eigenvalue weighted by Gasteiger charge is -2.36. The molecule has 90 valence electrons. The van der Waals surface area contributed by atoms with Gasteiger partial charge in [0, 0.05) is 12.1 Å². The standard InChI is InChI=1S/C12H25NO2/c14-10-6-2-5-9-13-12(11-15)7-3-1-4-8-12/h13-15H,1-11H2. The second-order valence-electron chi connectivity index (χ2n) is 4.71. The number of aliphatic hydroxyl groups excluding tert-OH is 2. The molecule has 0 saturated heterocycles. The molecule has 0 aromatic rings. The highest BCUT2D eigenvalue weighted by Gasteiger charge is 2.30. The molecular weight excluding hydrogens is 190 g/mol. The number of nitrogens with one attached hydrogen (secondary N) is 1. The van der Waals surface area contributed by atoms with E-state index in [-0.39, 0.29) is 12.1 Å². The van der Waals surface area contributed by atoms with Gasteiger partial charge in [-0.3, -0.25) is 0 Å². The van der Waals surface area contributed by atoms with Gasteiger partial charge in [-0.05, 0) is 38.6 Å². The van der Waals surface area contributed by atoms with Crippen molar-refractivity contribution in [2.75, 3.05) is 19.8 Å². The highest BCUT2D eigenvalue weighted by molar-refractivity contribution is 4.89. The van der Waals surface area contributed by atoms with Crippen molar-refractivity contribution in [3.8, 4) is 0 Å². The maximum Gasteiger partial charge on any atom is 0.0613 e. The van der Waals surface area contributed by atoms with Gasteiger partial charge in [0.15, 0.2) is 0 Å². The van der Waals surface area contributed by atoms with Crippen molar-refractivity contribution in [1.82, 2.24) is 5.32 Å². The lowest BCUT2D eigenvalue weighted by atomic mass is 9.82. The molecule has 3 heteroatoms. The normalized spacial score (nSPS) is 20.4. The number of hydrogen-bond donors (Lipinski definition) is 3. The van der Waals surface area contributed by atoms with Crippen LogP contribution in [0.4, 0.5) is 0 Å². The molecule has 0 unspecified atom stereocenters. The molecule has 1 saturated carbocycles. The van der Waals surface area contributed by atoms with E-state index in [4.69, 9.17) is 5.11 Å². The van der Waals surface area contributed by atoms with Gasteiger partial charge in [-0.15, -0.1) is 0 Å². The topological polar surface area (TPSA) is 52.5 Å². The Labute approximate surface area is 92.9 Å². The van der Waals surface area contributed by atoms with E-state index in [1.807, 2.05) is 0 Å². The van der Waals surface area contributed by atoms with E-state index in [1.165, 1.54) is 19.3 Å². The van der Waals surface area contributed by atoms with Crippen LogP contribution in [-0.2, 0) is 0 Å². The number of unbranched alkanes of at least 4 members (excludes halogenated alkanes) is 2. The fraction of sp³-hybridized carbons (Fsp3) is 1.00. The first kappa shape index (κ1) is 12.9. The van der Waals surface area contributed by atoms with E-state index in [0.29, 0.717) is 6.61 Å². The molecule has 1 fully saturated rings. The summed E-state index contributed by atoms with van der Waals surface area (Å²) in [7, 11) is 0. The minimum atomic E-state index is 0.0114. The first-order chi connectivity index (χ1) is 7.33. The third kappa shape index (κ3) is 4.49. The lowest BCUT2D eigenvalue weighted by molar-refractivity contribution is 0.120. The van der Waals surface area contributed by atoms with Gasteiger partial charge in [0.2, 0.25) is 0 Å². The first-order valence-electron chi connectivity index (χ1n) is 6.30. The van der Waals surface area contributed by atoms with Crippen LogP contribution in [0, 0.1) is 0 Å². The SMILES string of the molecule is OCCCCCNC1(CO)CCCCC1. The fourth-order valence-corrected chi connectivity index (χ4v) is 2.39. The first-order valence-corrected chi connectivity index (χ1v) is 6.30. The minimum Gasteiger partial charge on any atom is -0.396 e. The van der Waals surface area contributed by atoms with Gasteiger partial charge in [-0.25, -0.2) is 0 Å². The van der Waals surface area contributed by atoms with Crippen LogP contribution in [0.2, 0.25) is 0 Å². The number of aliphatic hydroxyl groups is 2. The summed E-state index contributed by atoms with van der Waals surface area (Å²) in [5.74, 6) is 0. The highest BCUT2D eigenvalue weighted by atomic mass is 16.3. The summed E-state index contributed by atoms with van der Waals surface area (Å²) >= 11 is 0. The molecule has 0 aliphatic heterocycles. The molecule has 15 heavy (non-hydrogen) atoms. The molecule has 1 aliphatic rings. The van der Waals surface area contributed by atoms with Crippen LogP contribution in [-0.4, -0.2) is 35.5 Å². The molecule has 3 N–H and O–H groups in total. The molecule has 0 aromatic carbocycles. The minimum absolute atomic E-state index is 0.0114. The quantitative estimate of drug-likeness (QED) is 0.563. The summed E-state index contributed by atoms with van der Waals surface area (Å²) in [6, 6.07) is 0. The van der Waals surface area contributed by atoms with Gasteiger partial charge in [0.25, 0.3) is 0 Å². The molecule has 1 rings (SSSR count). The predicted molar refractivity (Wildman–Crippen MR) is 61.8 cm³/mol. The van der Waals surface area contributed by atoms with Crippen LogP contribution < -0.4 is 5.32 Å². The third-order valence-electron chi connectivity index (χ3n) is 3.45. The van der Waals surface area contributed by atoms with Crippen molar-refractivity contribution in [2.24, 2.45) is 0 Å². The molecule has 0 aromatic heterocycles. The molecule has 0 radical (unpaired) electrons. The van der Waals surface area contributed by atoms with Gasteiger partial charge in [-0.1, -0.05) is 19.3 Å². The Balaban J connectivity index is 2.15. The fourth-order valence-electron chi connectivity index (χ4n) is 2.39. The van der Waals surface area contributed by atoms with Gasteiger partial charge < -0.3 is 15.5 Å². The smallest absolute Gasteiger partial charge is 0.0613 e. The van der Waals surface area contributed by atoms with E-state index in [1.54, 1.807) is 0 Å². The molecular formula is C12H25NO2. The van der Waals surface area contributed by atoms with E-state index in [9.17, 15) is 5.11 Å². The summed E-state index contributed by atoms with van der Waals surface area (Å²) in [6.07, 6.45) is 9.09. The average Bonchev–Trinajstić information content (AvgIpc) is 2.30. The summed E-state index contributed by atoms with van der Waals surface area (Å²) < 4.78 is 0. The van der Waals surface area contributed by atoms with Crippen molar-refractivity contribution in [2.45, 2.75) is 56.9 Å². The number of rotatable bonds is 7. The second-order valence-corrected chi connectivity index (χ2v) is 4.71. The maximum atomic E-state index is 9.44. The van der Waals surface area contributed by atoms with Crippen LogP contribution in [0.5, 0.6) is 0 Å². The molecule has 0 amide bonds. The van der Waals surface area contributed by atoms with E-state index < -0.39 is 0 Å². The molecule has 0 spiro atoms. The largest absolute Gasteiger partial charge is 0.396 e. The Morgan fingerprint density at radius 1 is 0.933 bits per heavy atom. The van der Waals surface area contributed by atoms with Gasteiger partial charge in [0.1, 0.15) is 0 Å². The van der Waals surface area contributed by atoms with Gasteiger partial charge in [0.05, 0.1) is 6.61 Å². The Morgan fingerprint density at radius 2 is 1.67 bits per heavy atom. The van der Waals surface area contributed by atoms with E-state index >= 15 is 0 Å². The van der Waals surface area contributed by atoms with Gasteiger partial charge >= 0.3 is 0 Å². The number of hydrogen-bond acceptors (Lipinski definition) is 3. The summed E-state index contributed by atoms with van der Waals surface area (Å²) in [6.45, 7) is 1.54. The van der Waals surface area contributed by atoms with Crippen molar-refractivity contribution < 1.29 is 10.2 Å². The van der Waals surface area contributed by atoms with Crippen LogP contribution in [0.3, 0.4) is 0 Å². The Hall–Kier alpha value is -0.120. The van der Waals surface area contributed by atoms with Crippen molar-refractivity contribution >= 4 is 0 Å². The molecule has 3 nitrogen and oxygen atoms in total. The summed E-state index contributed by atoms with van der Waals surface area (Å²) in [5.41, 5.74) is 0.0114. The zero-order valence-corrected chi connectivity index (χ0v) is 9.67. The van der Waals surface area contributed by atoms with Crippen molar-refractivity contribution in [1.29, 1.82) is 0 Å². The Bertz CT molecular complexity index is 156. The average molecular weight is 215 g/mol. The molecule has 0 bridgehead atoms. The van der Waals surface area contributed by atoms with Crippen LogP contribution in [0.25, 0.3) is 0 Å². The predicted octanol–water partition coefficient (Wildman–Crippen LogP) is 1.43. The van der Waals surface area contributed by atoms with E-state index in [0.717, 1.165) is 38.6 Å². The third-order valence-corrected chi connectivity index (χ3v) is 3.45. The van der Waals surface area contributed by atoms with Crippen molar-refractivity contribution in [3.63, 3.8) is 0 Å². The maximum absolute atomic E-state index is 9.44.